The summed E-state index contributed by atoms with van der Waals surface area (Å²) in [5.41, 5.74) is 2.03. The molecule has 0 aromatic carbocycles. The number of carbonyl (C=O) groups is 1. The maximum atomic E-state index is 12.0. The molecule has 25 heavy (non-hydrogen) atoms. The molecule has 0 aliphatic carbocycles. The second-order valence-electron chi connectivity index (χ2n) is 7.61. The molecule has 6 nitrogen and oxygen atoms in total. The van der Waals surface area contributed by atoms with E-state index in [0.717, 1.165) is 63.6 Å². The number of hydrogen-bond donors (Lipinski definition) is 0. The lowest BCUT2D eigenvalue weighted by molar-refractivity contribution is -0.148. The van der Waals surface area contributed by atoms with Crippen molar-refractivity contribution in [3.63, 3.8) is 0 Å². The number of aromatic nitrogens is 1. The van der Waals surface area contributed by atoms with Crippen molar-refractivity contribution in [3.8, 4) is 0 Å². The van der Waals surface area contributed by atoms with E-state index < -0.39 is 0 Å². The van der Waals surface area contributed by atoms with E-state index in [1.165, 1.54) is 0 Å². The van der Waals surface area contributed by atoms with Crippen molar-refractivity contribution in [2.75, 3.05) is 53.4 Å². The number of ether oxygens (including phenoxy) is 1. The van der Waals surface area contributed by atoms with Gasteiger partial charge in [0.05, 0.1) is 24.4 Å². The number of pyridine rings is 1. The van der Waals surface area contributed by atoms with E-state index in [9.17, 15) is 4.79 Å². The lowest BCUT2D eigenvalue weighted by atomic mass is 9.90. The Morgan fingerprint density at radius 3 is 2.84 bits per heavy atom. The number of carbonyl (C=O) groups excluding carboxylic acids is 1. The third-order valence-electron chi connectivity index (χ3n) is 5.14. The first kappa shape index (κ1) is 18.3. The van der Waals surface area contributed by atoms with Crippen molar-refractivity contribution < 1.29 is 9.53 Å². The molecule has 1 aromatic heterocycles. The zero-order valence-corrected chi connectivity index (χ0v) is 15.7. The van der Waals surface area contributed by atoms with Crippen LogP contribution in [0.2, 0.25) is 0 Å². The van der Waals surface area contributed by atoms with Gasteiger partial charge in [-0.3, -0.25) is 19.6 Å². The molecule has 0 N–H and O–H groups in total. The summed E-state index contributed by atoms with van der Waals surface area (Å²) in [5.74, 6) is 0.161. The van der Waals surface area contributed by atoms with Gasteiger partial charge in [-0.1, -0.05) is 6.07 Å². The van der Waals surface area contributed by atoms with Gasteiger partial charge in [0.1, 0.15) is 0 Å². The van der Waals surface area contributed by atoms with Gasteiger partial charge in [0.25, 0.3) is 0 Å². The number of likely N-dealkylation sites (N-methyl/N-ethyl adjacent to an activating group) is 1. The fraction of sp³-hybridized carbons (Fsp3) is 0.684. The standard InChI is InChI=1S/C19H30N4O2/c1-16-6-4-7-17(20-16)12-23-10-11-25-19(15-23)8-5-9-22(14-19)13-18(24)21(2)3/h4,6-7H,5,8-15H2,1-3H3/t19-/m0/s1. The van der Waals surface area contributed by atoms with Gasteiger partial charge in [-0.05, 0) is 38.4 Å². The summed E-state index contributed by atoms with van der Waals surface area (Å²) in [6.07, 6.45) is 2.15. The van der Waals surface area contributed by atoms with Crippen molar-refractivity contribution in [1.29, 1.82) is 0 Å². The average molecular weight is 346 g/mol. The minimum atomic E-state index is -0.146. The van der Waals surface area contributed by atoms with Crippen molar-refractivity contribution in [1.82, 2.24) is 19.7 Å². The summed E-state index contributed by atoms with van der Waals surface area (Å²) in [4.78, 5) is 23.0. The molecule has 2 saturated heterocycles. The van der Waals surface area contributed by atoms with Crippen molar-refractivity contribution in [3.05, 3.63) is 29.6 Å². The number of amides is 1. The fourth-order valence-corrected chi connectivity index (χ4v) is 3.88. The summed E-state index contributed by atoms with van der Waals surface area (Å²) in [5, 5.41) is 0. The molecule has 3 rings (SSSR count). The van der Waals surface area contributed by atoms with Crippen LogP contribution < -0.4 is 0 Å². The SMILES string of the molecule is Cc1cccc(CN2CCO[C@]3(CCCN(CC(=O)N(C)C)C3)C2)n1. The first-order valence-electron chi connectivity index (χ1n) is 9.17. The number of hydrogen-bond acceptors (Lipinski definition) is 5. The maximum absolute atomic E-state index is 12.0. The Kier molecular flexibility index (Phi) is 5.71. The normalized spacial score (nSPS) is 25.2. The van der Waals surface area contributed by atoms with Crippen LogP contribution in [0.4, 0.5) is 0 Å². The number of nitrogens with zero attached hydrogens (tertiary/aromatic N) is 4. The molecule has 0 radical (unpaired) electrons. The van der Waals surface area contributed by atoms with Crippen LogP contribution in [-0.4, -0.2) is 84.6 Å². The van der Waals surface area contributed by atoms with Crippen LogP contribution in [-0.2, 0) is 16.1 Å². The highest BCUT2D eigenvalue weighted by atomic mass is 16.5. The largest absolute Gasteiger partial charge is 0.371 e. The second-order valence-corrected chi connectivity index (χ2v) is 7.61. The van der Waals surface area contributed by atoms with Gasteiger partial charge in [0.15, 0.2) is 0 Å². The van der Waals surface area contributed by atoms with E-state index in [-0.39, 0.29) is 11.5 Å². The number of rotatable bonds is 4. The lowest BCUT2D eigenvalue weighted by Crippen LogP contribution is -2.60. The number of piperidine rings is 1. The summed E-state index contributed by atoms with van der Waals surface area (Å²) in [6.45, 7) is 7.80. The van der Waals surface area contributed by atoms with E-state index in [1.807, 2.05) is 27.1 Å². The zero-order chi connectivity index (χ0) is 17.9. The third kappa shape index (κ3) is 4.77. The Morgan fingerprint density at radius 1 is 1.28 bits per heavy atom. The Morgan fingerprint density at radius 2 is 2.08 bits per heavy atom. The maximum Gasteiger partial charge on any atom is 0.236 e. The van der Waals surface area contributed by atoms with Gasteiger partial charge < -0.3 is 9.64 Å². The lowest BCUT2D eigenvalue weighted by Gasteiger charge is -2.48. The monoisotopic (exact) mass is 346 g/mol. The highest BCUT2D eigenvalue weighted by Crippen LogP contribution is 2.29. The number of aryl methyl sites for hydroxylation is 1. The predicted octanol–water partition coefficient (Wildman–Crippen LogP) is 1.15. The Balaban J connectivity index is 1.62. The van der Waals surface area contributed by atoms with E-state index >= 15 is 0 Å². The molecule has 6 heteroatoms. The third-order valence-corrected chi connectivity index (χ3v) is 5.14. The Hall–Kier alpha value is -1.50. The fourth-order valence-electron chi connectivity index (χ4n) is 3.88. The van der Waals surface area contributed by atoms with Gasteiger partial charge in [-0.2, -0.15) is 0 Å². The van der Waals surface area contributed by atoms with Gasteiger partial charge in [-0.25, -0.2) is 0 Å². The summed E-state index contributed by atoms with van der Waals surface area (Å²) in [6, 6.07) is 6.20. The predicted molar refractivity (Wildman–Crippen MR) is 97.3 cm³/mol. The first-order chi connectivity index (χ1) is 12.0. The molecule has 0 saturated carbocycles. The zero-order valence-electron chi connectivity index (χ0n) is 15.7. The molecular weight excluding hydrogens is 316 g/mol. The van der Waals surface area contributed by atoms with Crippen LogP contribution >= 0.6 is 0 Å². The molecule has 2 aliphatic heterocycles. The second kappa shape index (κ2) is 7.81. The minimum absolute atomic E-state index is 0.146. The van der Waals surface area contributed by atoms with Crippen LogP contribution in [0.25, 0.3) is 0 Å². The van der Waals surface area contributed by atoms with Gasteiger partial charge in [-0.15, -0.1) is 0 Å². The van der Waals surface area contributed by atoms with Gasteiger partial charge >= 0.3 is 0 Å². The van der Waals surface area contributed by atoms with Crippen LogP contribution in [0, 0.1) is 6.92 Å². The average Bonchev–Trinajstić information content (AvgIpc) is 2.55. The number of morpholine rings is 1. The summed E-state index contributed by atoms with van der Waals surface area (Å²) < 4.78 is 6.24. The highest BCUT2D eigenvalue weighted by Gasteiger charge is 2.40. The minimum Gasteiger partial charge on any atom is -0.371 e. The van der Waals surface area contributed by atoms with Crippen molar-refractivity contribution >= 4 is 5.91 Å². The summed E-state index contributed by atoms with van der Waals surface area (Å²) >= 11 is 0. The first-order valence-corrected chi connectivity index (χ1v) is 9.17. The van der Waals surface area contributed by atoms with Crippen LogP contribution in [0.3, 0.4) is 0 Å². The molecule has 3 heterocycles. The quantitative estimate of drug-likeness (QED) is 0.818. The van der Waals surface area contributed by atoms with Crippen LogP contribution in [0.1, 0.15) is 24.2 Å². The molecule has 2 fully saturated rings. The molecule has 1 amide bonds. The smallest absolute Gasteiger partial charge is 0.236 e. The van der Waals surface area contributed by atoms with E-state index in [2.05, 4.69) is 26.9 Å². The molecule has 0 bridgehead atoms. The van der Waals surface area contributed by atoms with Crippen LogP contribution in [0.15, 0.2) is 18.2 Å². The van der Waals surface area contributed by atoms with Crippen molar-refractivity contribution in [2.24, 2.45) is 0 Å². The van der Waals surface area contributed by atoms with E-state index in [4.69, 9.17) is 4.74 Å². The van der Waals surface area contributed by atoms with E-state index in [0.29, 0.717) is 6.54 Å². The molecular formula is C19H30N4O2. The molecule has 1 atom stereocenters. The number of likely N-dealkylation sites (tertiary alicyclic amines) is 1. The molecule has 1 spiro atoms. The van der Waals surface area contributed by atoms with Crippen LogP contribution in [0.5, 0.6) is 0 Å². The molecule has 138 valence electrons. The van der Waals surface area contributed by atoms with E-state index in [1.54, 1.807) is 4.90 Å². The topological polar surface area (TPSA) is 48.9 Å². The molecule has 1 aromatic rings. The van der Waals surface area contributed by atoms with Crippen molar-refractivity contribution in [2.45, 2.75) is 31.9 Å². The van der Waals surface area contributed by atoms with Gasteiger partial charge in [0, 0.05) is 46.0 Å². The molecule has 0 unspecified atom stereocenters. The Labute approximate surface area is 150 Å². The highest BCUT2D eigenvalue weighted by molar-refractivity contribution is 5.77. The summed E-state index contributed by atoms with van der Waals surface area (Å²) in [7, 11) is 3.63. The van der Waals surface area contributed by atoms with Gasteiger partial charge in [0.2, 0.25) is 5.91 Å². The Bertz CT molecular complexity index is 603. The molecule has 2 aliphatic rings.